The summed E-state index contributed by atoms with van der Waals surface area (Å²) in [5.41, 5.74) is 0. The molecule has 0 spiro atoms. The molecule has 136 valence electrons. The molecule has 0 fully saturated rings. The van der Waals surface area contributed by atoms with E-state index in [4.69, 9.17) is 4.74 Å². The van der Waals surface area contributed by atoms with Crippen LogP contribution in [0, 0.1) is 0 Å². The molecule has 2 atom stereocenters. The molecule has 2 unspecified atom stereocenters. The average Bonchev–Trinajstić information content (AvgIpc) is 2.52. The van der Waals surface area contributed by atoms with Gasteiger partial charge in [0.1, 0.15) is 12.7 Å². The van der Waals surface area contributed by atoms with Crippen LogP contribution in [0.25, 0.3) is 0 Å². The highest BCUT2D eigenvalue weighted by atomic mass is 31.2. The highest BCUT2D eigenvalue weighted by molar-refractivity contribution is 7.47. The van der Waals surface area contributed by atoms with Crippen molar-refractivity contribution in [1.29, 1.82) is 0 Å². The third-order valence-corrected chi connectivity index (χ3v) is 3.59. The summed E-state index contributed by atoms with van der Waals surface area (Å²) in [7, 11) is -4.33. The minimum absolute atomic E-state index is 0.0676. The van der Waals surface area contributed by atoms with E-state index >= 15 is 0 Å². The van der Waals surface area contributed by atoms with Gasteiger partial charge in [0.05, 0.1) is 13.2 Å². The fraction of sp³-hybridized carbons (Fsp3) is 0.846. The number of phosphoric ester groups is 1. The fourth-order valence-corrected chi connectivity index (χ4v) is 2.08. The van der Waals surface area contributed by atoms with Crippen LogP contribution in [-0.4, -0.2) is 54.3 Å². The van der Waals surface area contributed by atoms with Gasteiger partial charge in [-0.1, -0.05) is 20.3 Å². The number of nitrogens with one attached hydrogen (secondary N) is 1. The third-order valence-electron chi connectivity index (χ3n) is 2.60. The Morgan fingerprint density at radius 3 is 2.52 bits per heavy atom. The molecule has 0 aromatic carbocycles. The molecule has 10 heteroatoms. The number of carbonyl (C=O) groups is 2. The lowest BCUT2D eigenvalue weighted by Gasteiger charge is -2.15. The van der Waals surface area contributed by atoms with Gasteiger partial charge in [0.2, 0.25) is 5.91 Å². The van der Waals surface area contributed by atoms with Crippen LogP contribution in [-0.2, 0) is 27.9 Å². The molecule has 0 bridgehead atoms. The average molecular weight is 355 g/mol. The van der Waals surface area contributed by atoms with Gasteiger partial charge < -0.3 is 20.1 Å². The second-order valence-corrected chi connectivity index (χ2v) is 6.19. The molecule has 0 saturated heterocycles. The molecule has 0 aromatic rings. The zero-order valence-corrected chi connectivity index (χ0v) is 14.4. The number of ether oxygens (including phenoxy) is 1. The summed E-state index contributed by atoms with van der Waals surface area (Å²) < 4.78 is 25.5. The first-order chi connectivity index (χ1) is 10.8. The lowest BCUT2D eigenvalue weighted by atomic mass is 10.2. The molecule has 0 aliphatic rings. The summed E-state index contributed by atoms with van der Waals surface area (Å²) in [5.74, 6) is -0.649. The van der Waals surface area contributed by atoms with Gasteiger partial charge in [-0.05, 0) is 6.42 Å². The van der Waals surface area contributed by atoms with Gasteiger partial charge in [0.15, 0.2) is 0 Å². The number of carbonyl (C=O) groups excluding carboxylic acids is 2. The van der Waals surface area contributed by atoms with Crippen molar-refractivity contribution in [2.75, 3.05) is 26.4 Å². The van der Waals surface area contributed by atoms with E-state index < -0.39 is 26.5 Å². The Balaban J connectivity index is 3.83. The van der Waals surface area contributed by atoms with Gasteiger partial charge in [-0.2, -0.15) is 0 Å². The number of aliphatic hydroxyl groups excluding tert-OH is 1. The fourth-order valence-electron chi connectivity index (χ4n) is 1.32. The van der Waals surface area contributed by atoms with E-state index in [2.05, 4.69) is 14.4 Å². The Labute approximate surface area is 135 Å². The number of hydrogen-bond acceptors (Lipinski definition) is 7. The van der Waals surface area contributed by atoms with Crippen molar-refractivity contribution >= 4 is 19.7 Å². The topological polar surface area (TPSA) is 131 Å². The molecule has 0 aromatic heterocycles. The molecule has 9 nitrogen and oxygen atoms in total. The van der Waals surface area contributed by atoms with Crippen LogP contribution in [0.15, 0.2) is 0 Å². The van der Waals surface area contributed by atoms with E-state index in [0.29, 0.717) is 12.8 Å². The van der Waals surface area contributed by atoms with E-state index in [9.17, 15) is 24.2 Å². The van der Waals surface area contributed by atoms with Gasteiger partial charge in [-0.3, -0.25) is 18.6 Å². The van der Waals surface area contributed by atoms with E-state index in [1.54, 1.807) is 6.92 Å². The summed E-state index contributed by atoms with van der Waals surface area (Å²) in [5, 5.41) is 12.0. The van der Waals surface area contributed by atoms with Crippen LogP contribution in [0.5, 0.6) is 0 Å². The highest BCUT2D eigenvalue weighted by Gasteiger charge is 2.23. The van der Waals surface area contributed by atoms with Crippen LogP contribution >= 0.6 is 7.82 Å². The molecular weight excluding hydrogens is 329 g/mol. The van der Waals surface area contributed by atoms with E-state index in [0.717, 1.165) is 6.42 Å². The van der Waals surface area contributed by atoms with Gasteiger partial charge in [-0.15, -0.1) is 0 Å². The molecule has 0 aliphatic heterocycles. The number of rotatable bonds is 13. The Morgan fingerprint density at radius 2 is 1.91 bits per heavy atom. The SMILES string of the molecule is CCCCC(=O)OCC(O)COP(=O)(O)OCCNC(=O)CC. The van der Waals surface area contributed by atoms with Crippen molar-refractivity contribution in [3.8, 4) is 0 Å². The quantitative estimate of drug-likeness (QED) is 0.250. The molecular formula is C13H26NO8P. The smallest absolute Gasteiger partial charge is 0.463 e. The summed E-state index contributed by atoms with van der Waals surface area (Å²) in [6.45, 7) is 2.63. The maximum Gasteiger partial charge on any atom is 0.472 e. The number of unbranched alkanes of at least 4 members (excludes halogenated alkanes) is 1. The van der Waals surface area contributed by atoms with Crippen molar-refractivity contribution in [2.24, 2.45) is 0 Å². The first kappa shape index (κ1) is 22.0. The number of aliphatic hydroxyl groups is 1. The molecule has 3 N–H and O–H groups in total. The van der Waals surface area contributed by atoms with Crippen LogP contribution in [0.2, 0.25) is 0 Å². The second-order valence-electron chi connectivity index (χ2n) is 4.74. The standard InChI is InChI=1S/C13H26NO8P/c1-3-5-6-13(17)20-9-11(15)10-22-23(18,19)21-8-7-14-12(16)4-2/h11,15H,3-10H2,1-2H3,(H,14,16)(H,18,19). The lowest BCUT2D eigenvalue weighted by molar-refractivity contribution is -0.147. The summed E-state index contributed by atoms with van der Waals surface area (Å²) in [4.78, 5) is 31.5. The number of esters is 1. The van der Waals surface area contributed by atoms with Crippen molar-refractivity contribution in [2.45, 2.75) is 45.6 Å². The minimum atomic E-state index is -4.33. The van der Waals surface area contributed by atoms with E-state index in [1.807, 2.05) is 6.92 Å². The second kappa shape index (κ2) is 12.4. The van der Waals surface area contributed by atoms with Crippen molar-refractivity contribution in [3.63, 3.8) is 0 Å². The summed E-state index contributed by atoms with van der Waals surface area (Å²) in [6, 6.07) is 0. The normalized spacial score (nSPS) is 14.8. The maximum atomic E-state index is 11.5. The van der Waals surface area contributed by atoms with Crippen molar-refractivity contribution in [3.05, 3.63) is 0 Å². The molecule has 0 aliphatic carbocycles. The molecule has 0 saturated carbocycles. The molecule has 1 amide bonds. The zero-order valence-electron chi connectivity index (χ0n) is 13.5. The van der Waals surface area contributed by atoms with Gasteiger partial charge >= 0.3 is 13.8 Å². The minimum Gasteiger partial charge on any atom is -0.463 e. The highest BCUT2D eigenvalue weighted by Crippen LogP contribution is 2.42. The van der Waals surface area contributed by atoms with Crippen molar-refractivity contribution < 1.29 is 37.9 Å². The predicted molar refractivity (Wildman–Crippen MR) is 81.5 cm³/mol. The van der Waals surface area contributed by atoms with Crippen LogP contribution in [0.3, 0.4) is 0 Å². The van der Waals surface area contributed by atoms with Crippen LogP contribution in [0.1, 0.15) is 39.5 Å². The summed E-state index contributed by atoms with van der Waals surface area (Å²) >= 11 is 0. The maximum absolute atomic E-state index is 11.5. The number of amides is 1. The Morgan fingerprint density at radius 1 is 1.22 bits per heavy atom. The zero-order chi connectivity index (χ0) is 17.7. The Bertz CT molecular complexity index is 403. The molecule has 0 heterocycles. The lowest BCUT2D eigenvalue weighted by Crippen LogP contribution is -2.26. The summed E-state index contributed by atoms with van der Waals surface area (Å²) in [6.07, 6.45) is 0.875. The van der Waals surface area contributed by atoms with Crippen LogP contribution < -0.4 is 5.32 Å². The van der Waals surface area contributed by atoms with Gasteiger partial charge in [0, 0.05) is 19.4 Å². The first-order valence-electron chi connectivity index (χ1n) is 7.53. The third kappa shape index (κ3) is 13.2. The number of phosphoric acid groups is 1. The number of hydrogen-bond donors (Lipinski definition) is 3. The van der Waals surface area contributed by atoms with Gasteiger partial charge in [-0.25, -0.2) is 4.57 Å². The first-order valence-corrected chi connectivity index (χ1v) is 9.02. The predicted octanol–water partition coefficient (Wildman–Crippen LogP) is 0.740. The van der Waals surface area contributed by atoms with Crippen LogP contribution in [0.4, 0.5) is 0 Å². The monoisotopic (exact) mass is 355 g/mol. The molecule has 0 radical (unpaired) electrons. The molecule has 23 heavy (non-hydrogen) atoms. The van der Waals surface area contributed by atoms with Crippen molar-refractivity contribution in [1.82, 2.24) is 5.32 Å². The van der Waals surface area contributed by atoms with E-state index in [-0.39, 0.29) is 32.1 Å². The largest absolute Gasteiger partial charge is 0.472 e. The van der Waals surface area contributed by atoms with Gasteiger partial charge in [0.25, 0.3) is 0 Å². The molecule has 0 rings (SSSR count). The van der Waals surface area contributed by atoms with E-state index in [1.165, 1.54) is 0 Å². The Hall–Kier alpha value is -0.990. The Kier molecular flexibility index (Phi) is 11.9.